The lowest BCUT2D eigenvalue weighted by molar-refractivity contribution is 0.0945. The predicted octanol–water partition coefficient (Wildman–Crippen LogP) is 0.905. The second-order valence-corrected chi connectivity index (χ2v) is 3.92. The monoisotopic (exact) mass is 249 g/mol. The molecule has 0 aliphatic carbocycles. The second kappa shape index (κ2) is 5.35. The third-order valence-corrected chi connectivity index (χ3v) is 2.69. The zero-order chi connectivity index (χ0) is 12.1. The number of carbonyl (C=O) groups is 1. The molecule has 0 aliphatic heterocycles. The van der Waals surface area contributed by atoms with Crippen molar-refractivity contribution in [2.45, 2.75) is 6.54 Å². The third kappa shape index (κ3) is 2.97. The topological polar surface area (TPSA) is 79.8 Å². The standard InChI is InChI=1S/C10H11N5OS/c1-11-9-4-12-8(3-13-9)10(16)14-2-7-5-17-6-15-7/h3-6H,2H2,1H3,(H,11,13)(H,14,16). The van der Waals surface area contributed by atoms with Crippen molar-refractivity contribution in [3.8, 4) is 0 Å². The summed E-state index contributed by atoms with van der Waals surface area (Å²) < 4.78 is 0. The summed E-state index contributed by atoms with van der Waals surface area (Å²) in [6.07, 6.45) is 2.94. The Hall–Kier alpha value is -2.02. The van der Waals surface area contributed by atoms with Gasteiger partial charge in [0.25, 0.3) is 5.91 Å². The molecule has 0 bridgehead atoms. The maximum Gasteiger partial charge on any atom is 0.271 e. The van der Waals surface area contributed by atoms with Gasteiger partial charge in [0.1, 0.15) is 11.5 Å². The van der Waals surface area contributed by atoms with E-state index in [0.717, 1.165) is 5.69 Å². The van der Waals surface area contributed by atoms with Crippen molar-refractivity contribution < 1.29 is 4.79 Å². The van der Waals surface area contributed by atoms with E-state index in [1.165, 1.54) is 23.7 Å². The van der Waals surface area contributed by atoms with Crippen LogP contribution in [0, 0.1) is 0 Å². The first kappa shape index (κ1) is 11.5. The van der Waals surface area contributed by atoms with Gasteiger partial charge in [-0.15, -0.1) is 11.3 Å². The fourth-order valence-electron chi connectivity index (χ4n) is 1.16. The zero-order valence-corrected chi connectivity index (χ0v) is 9.99. The van der Waals surface area contributed by atoms with Crippen LogP contribution in [-0.2, 0) is 6.54 Å². The number of nitrogens with zero attached hydrogens (tertiary/aromatic N) is 3. The van der Waals surface area contributed by atoms with Gasteiger partial charge in [0.05, 0.1) is 30.1 Å². The molecule has 0 radical (unpaired) electrons. The van der Waals surface area contributed by atoms with Crippen molar-refractivity contribution in [1.82, 2.24) is 20.3 Å². The van der Waals surface area contributed by atoms with Gasteiger partial charge in [-0.2, -0.15) is 0 Å². The maximum atomic E-state index is 11.7. The maximum absolute atomic E-state index is 11.7. The van der Waals surface area contributed by atoms with E-state index < -0.39 is 0 Å². The molecular formula is C10H11N5OS. The predicted molar refractivity (Wildman–Crippen MR) is 64.9 cm³/mol. The number of rotatable bonds is 4. The Balaban J connectivity index is 1.95. The number of aromatic nitrogens is 3. The van der Waals surface area contributed by atoms with E-state index in [4.69, 9.17) is 0 Å². The molecule has 0 fully saturated rings. The smallest absolute Gasteiger partial charge is 0.271 e. The molecule has 88 valence electrons. The summed E-state index contributed by atoms with van der Waals surface area (Å²) in [5.41, 5.74) is 2.85. The summed E-state index contributed by atoms with van der Waals surface area (Å²) in [6, 6.07) is 0. The number of amides is 1. The molecule has 0 saturated heterocycles. The average molecular weight is 249 g/mol. The van der Waals surface area contributed by atoms with Gasteiger partial charge >= 0.3 is 0 Å². The van der Waals surface area contributed by atoms with E-state index in [0.29, 0.717) is 18.1 Å². The summed E-state index contributed by atoms with van der Waals surface area (Å²) in [5.74, 6) is 0.370. The Bertz CT molecular complexity index is 482. The molecule has 0 aliphatic rings. The number of carbonyl (C=O) groups excluding carboxylic acids is 1. The quantitative estimate of drug-likeness (QED) is 0.841. The fraction of sp³-hybridized carbons (Fsp3) is 0.200. The molecule has 0 saturated carbocycles. The molecule has 0 aromatic carbocycles. The summed E-state index contributed by atoms with van der Waals surface area (Å²) >= 11 is 1.49. The van der Waals surface area contributed by atoms with E-state index >= 15 is 0 Å². The van der Waals surface area contributed by atoms with Crippen LogP contribution in [0.1, 0.15) is 16.2 Å². The van der Waals surface area contributed by atoms with E-state index in [1.54, 1.807) is 12.6 Å². The number of nitrogens with one attached hydrogen (secondary N) is 2. The molecule has 2 N–H and O–H groups in total. The molecule has 0 spiro atoms. The minimum atomic E-state index is -0.256. The number of hydrogen-bond acceptors (Lipinski definition) is 6. The van der Waals surface area contributed by atoms with E-state index in [-0.39, 0.29) is 5.91 Å². The molecule has 2 rings (SSSR count). The van der Waals surface area contributed by atoms with Gasteiger partial charge in [0, 0.05) is 12.4 Å². The van der Waals surface area contributed by atoms with Crippen LogP contribution < -0.4 is 10.6 Å². The summed E-state index contributed by atoms with van der Waals surface area (Å²) in [5, 5.41) is 7.44. The van der Waals surface area contributed by atoms with E-state index in [9.17, 15) is 4.79 Å². The lowest BCUT2D eigenvalue weighted by Crippen LogP contribution is -2.24. The Kier molecular flexibility index (Phi) is 3.61. The Labute approximate surface area is 102 Å². The first-order valence-corrected chi connectivity index (χ1v) is 5.89. The SMILES string of the molecule is CNc1cnc(C(=O)NCc2cscn2)cn1. The first-order valence-electron chi connectivity index (χ1n) is 4.94. The van der Waals surface area contributed by atoms with E-state index in [1.807, 2.05) is 5.38 Å². The van der Waals surface area contributed by atoms with Crippen LogP contribution in [0.2, 0.25) is 0 Å². The van der Waals surface area contributed by atoms with Crippen LogP contribution in [0.4, 0.5) is 5.82 Å². The van der Waals surface area contributed by atoms with Gasteiger partial charge in [-0.25, -0.2) is 15.0 Å². The van der Waals surface area contributed by atoms with E-state index in [2.05, 4.69) is 25.6 Å². The molecule has 0 atom stereocenters. The molecule has 2 heterocycles. The van der Waals surface area contributed by atoms with Crippen LogP contribution in [0.15, 0.2) is 23.3 Å². The highest BCUT2D eigenvalue weighted by Gasteiger charge is 2.07. The van der Waals surface area contributed by atoms with Gasteiger partial charge in [-0.3, -0.25) is 4.79 Å². The normalized spacial score (nSPS) is 9.94. The average Bonchev–Trinajstić information content (AvgIpc) is 2.89. The Morgan fingerprint density at radius 2 is 2.24 bits per heavy atom. The number of thiazole rings is 1. The first-order chi connectivity index (χ1) is 8.29. The molecule has 1 amide bonds. The minimum Gasteiger partial charge on any atom is -0.372 e. The van der Waals surface area contributed by atoms with Crippen LogP contribution in [-0.4, -0.2) is 27.9 Å². The fourth-order valence-corrected chi connectivity index (χ4v) is 1.72. The highest BCUT2D eigenvalue weighted by molar-refractivity contribution is 7.07. The largest absolute Gasteiger partial charge is 0.372 e. The van der Waals surface area contributed by atoms with Crippen LogP contribution in [0.25, 0.3) is 0 Å². The number of anilines is 1. The van der Waals surface area contributed by atoms with Gasteiger partial charge in [0.15, 0.2) is 0 Å². The molecular weight excluding hydrogens is 238 g/mol. The lowest BCUT2D eigenvalue weighted by Gasteiger charge is -2.03. The van der Waals surface area contributed by atoms with Crippen LogP contribution in [0.5, 0.6) is 0 Å². The molecule has 0 unspecified atom stereocenters. The molecule has 2 aromatic rings. The molecule has 2 aromatic heterocycles. The third-order valence-electron chi connectivity index (χ3n) is 2.05. The van der Waals surface area contributed by atoms with Crippen LogP contribution in [0.3, 0.4) is 0 Å². The Morgan fingerprint density at radius 3 is 2.82 bits per heavy atom. The summed E-state index contributed by atoms with van der Waals surface area (Å²) in [4.78, 5) is 23.8. The molecule has 17 heavy (non-hydrogen) atoms. The van der Waals surface area contributed by atoms with Crippen molar-refractivity contribution in [1.29, 1.82) is 0 Å². The highest BCUT2D eigenvalue weighted by Crippen LogP contribution is 2.02. The highest BCUT2D eigenvalue weighted by atomic mass is 32.1. The second-order valence-electron chi connectivity index (χ2n) is 3.20. The van der Waals surface area contributed by atoms with Crippen molar-refractivity contribution in [2.24, 2.45) is 0 Å². The van der Waals surface area contributed by atoms with Crippen molar-refractivity contribution in [3.63, 3.8) is 0 Å². The van der Waals surface area contributed by atoms with Crippen LogP contribution >= 0.6 is 11.3 Å². The van der Waals surface area contributed by atoms with Gasteiger partial charge in [-0.05, 0) is 0 Å². The van der Waals surface area contributed by atoms with Crippen molar-refractivity contribution >= 4 is 23.1 Å². The zero-order valence-electron chi connectivity index (χ0n) is 9.17. The number of hydrogen-bond donors (Lipinski definition) is 2. The summed E-state index contributed by atoms with van der Waals surface area (Å²) in [6.45, 7) is 0.401. The lowest BCUT2D eigenvalue weighted by atomic mass is 10.4. The van der Waals surface area contributed by atoms with Gasteiger partial charge in [0.2, 0.25) is 0 Å². The van der Waals surface area contributed by atoms with Gasteiger partial charge in [-0.1, -0.05) is 0 Å². The van der Waals surface area contributed by atoms with Crippen molar-refractivity contribution in [2.75, 3.05) is 12.4 Å². The minimum absolute atomic E-state index is 0.256. The molecule has 6 nitrogen and oxygen atoms in total. The van der Waals surface area contributed by atoms with Crippen molar-refractivity contribution in [3.05, 3.63) is 34.7 Å². The van der Waals surface area contributed by atoms with Gasteiger partial charge < -0.3 is 10.6 Å². The molecule has 7 heteroatoms. The summed E-state index contributed by atoms with van der Waals surface area (Å²) in [7, 11) is 1.74. The Morgan fingerprint density at radius 1 is 1.35 bits per heavy atom.